The summed E-state index contributed by atoms with van der Waals surface area (Å²) in [5, 5.41) is 10.4. The highest BCUT2D eigenvalue weighted by Crippen LogP contribution is 2.22. The van der Waals surface area contributed by atoms with Crippen molar-refractivity contribution >= 4 is 16.8 Å². The van der Waals surface area contributed by atoms with Crippen molar-refractivity contribution in [1.82, 2.24) is 0 Å². The van der Waals surface area contributed by atoms with E-state index < -0.39 is 16.0 Å². The van der Waals surface area contributed by atoms with E-state index in [9.17, 15) is 18.9 Å². The van der Waals surface area contributed by atoms with Gasteiger partial charge in [-0.05, 0) is 29.6 Å². The Labute approximate surface area is 76.8 Å². The number of hydrogen-bond acceptors (Lipinski definition) is 4. The summed E-state index contributed by atoms with van der Waals surface area (Å²) in [5.74, 6) is 0. The quantitative estimate of drug-likeness (QED) is 0.407. The number of rotatable bonds is 2. The van der Waals surface area contributed by atoms with Gasteiger partial charge < -0.3 is 4.55 Å². The summed E-state index contributed by atoms with van der Waals surface area (Å²) < 4.78 is 21.1. The Morgan fingerprint density at radius 3 is 2.54 bits per heavy atom. The first-order valence-corrected chi connectivity index (χ1v) is 4.44. The minimum atomic E-state index is -2.56. The Hall–Kier alpha value is -1.27. The monoisotopic (exact) mass is 200 g/mol. The first-order valence-electron chi connectivity index (χ1n) is 3.36. The molecule has 1 unspecified atom stereocenters. The summed E-state index contributed by atoms with van der Waals surface area (Å²) in [5.41, 5.74) is 0.272. The number of nitrogens with zero attached hydrogens (tertiary/aromatic N) is 1. The Morgan fingerprint density at radius 1 is 1.46 bits per heavy atom. The third-order valence-electron chi connectivity index (χ3n) is 1.49. The zero-order valence-electron chi connectivity index (χ0n) is 6.72. The fourth-order valence-corrected chi connectivity index (χ4v) is 1.39. The maximum absolute atomic E-state index is 10.5. The largest absolute Gasteiger partial charge is 0.768 e. The fourth-order valence-electron chi connectivity index (χ4n) is 0.911. The summed E-state index contributed by atoms with van der Waals surface area (Å²) in [6, 6.07) is 3.96. The molecule has 5 nitrogen and oxygen atoms in total. The highest BCUT2D eigenvalue weighted by atomic mass is 32.2. The average Bonchev–Trinajstić information content (AvgIpc) is 2.03. The summed E-state index contributed by atoms with van der Waals surface area (Å²) in [6.07, 6.45) is 0. The minimum absolute atomic E-state index is 0.282. The highest BCUT2D eigenvalue weighted by molar-refractivity contribution is 7.79. The lowest BCUT2D eigenvalue weighted by atomic mass is 10.2. The molecule has 1 rings (SSSR count). The minimum Gasteiger partial charge on any atom is -0.768 e. The van der Waals surface area contributed by atoms with Gasteiger partial charge in [0.05, 0.1) is 4.92 Å². The number of aryl methyl sites for hydroxylation is 1. The normalized spacial score (nSPS) is 12.5. The van der Waals surface area contributed by atoms with Gasteiger partial charge in [0.25, 0.3) is 5.69 Å². The van der Waals surface area contributed by atoms with Gasteiger partial charge >= 0.3 is 0 Å². The van der Waals surface area contributed by atoms with Crippen LogP contribution in [0.3, 0.4) is 0 Å². The topological polar surface area (TPSA) is 83.3 Å². The SMILES string of the molecule is Cc1ccc(S(=O)[O-])c([N+](=O)[O-])c1. The van der Waals surface area contributed by atoms with Crippen LogP contribution >= 0.6 is 0 Å². The maximum Gasteiger partial charge on any atom is 0.284 e. The molecule has 0 radical (unpaired) electrons. The van der Waals surface area contributed by atoms with E-state index in [0.717, 1.165) is 0 Å². The van der Waals surface area contributed by atoms with Gasteiger partial charge in [0.2, 0.25) is 0 Å². The van der Waals surface area contributed by atoms with E-state index in [4.69, 9.17) is 0 Å². The molecule has 0 amide bonds. The lowest BCUT2D eigenvalue weighted by Crippen LogP contribution is -1.97. The fraction of sp³-hybridized carbons (Fsp3) is 0.143. The predicted octanol–water partition coefficient (Wildman–Crippen LogP) is 1.14. The molecule has 13 heavy (non-hydrogen) atoms. The van der Waals surface area contributed by atoms with E-state index in [1.54, 1.807) is 6.92 Å². The van der Waals surface area contributed by atoms with Gasteiger partial charge in [0, 0.05) is 6.07 Å². The molecule has 0 N–H and O–H groups in total. The zero-order valence-corrected chi connectivity index (χ0v) is 7.54. The molecular formula is C7H6NO4S-. The summed E-state index contributed by atoms with van der Waals surface area (Å²) in [6.45, 7) is 1.66. The average molecular weight is 200 g/mol. The summed E-state index contributed by atoms with van der Waals surface area (Å²) >= 11 is -2.56. The van der Waals surface area contributed by atoms with Crippen LogP contribution in [0.15, 0.2) is 23.1 Å². The van der Waals surface area contributed by atoms with Crippen molar-refractivity contribution in [1.29, 1.82) is 0 Å². The van der Waals surface area contributed by atoms with Gasteiger partial charge in [-0.15, -0.1) is 0 Å². The van der Waals surface area contributed by atoms with Crippen molar-refractivity contribution in [3.8, 4) is 0 Å². The first kappa shape index (κ1) is 9.82. The molecule has 1 aromatic carbocycles. The molecule has 0 fully saturated rings. The van der Waals surface area contributed by atoms with E-state index >= 15 is 0 Å². The Kier molecular flexibility index (Phi) is 2.74. The molecule has 0 spiro atoms. The first-order chi connectivity index (χ1) is 6.02. The molecule has 6 heteroatoms. The van der Waals surface area contributed by atoms with Crippen molar-refractivity contribution in [3.05, 3.63) is 33.9 Å². The molecule has 0 heterocycles. The van der Waals surface area contributed by atoms with Crippen LogP contribution in [-0.4, -0.2) is 13.7 Å². The van der Waals surface area contributed by atoms with Gasteiger partial charge in [0.15, 0.2) is 0 Å². The second-order valence-electron chi connectivity index (χ2n) is 2.46. The number of benzene rings is 1. The van der Waals surface area contributed by atoms with Crippen LogP contribution in [0, 0.1) is 17.0 Å². The second-order valence-corrected chi connectivity index (χ2v) is 3.37. The van der Waals surface area contributed by atoms with E-state index in [2.05, 4.69) is 0 Å². The molecule has 1 aromatic rings. The Balaban J connectivity index is 3.35. The smallest absolute Gasteiger partial charge is 0.284 e. The van der Waals surface area contributed by atoms with Crippen molar-refractivity contribution in [2.24, 2.45) is 0 Å². The number of hydrogen-bond donors (Lipinski definition) is 0. The third-order valence-corrected chi connectivity index (χ3v) is 2.20. The van der Waals surface area contributed by atoms with Crippen LogP contribution in [0.4, 0.5) is 5.69 Å². The van der Waals surface area contributed by atoms with Gasteiger partial charge in [0.1, 0.15) is 4.90 Å². The molecule has 70 valence electrons. The molecular weight excluding hydrogens is 194 g/mol. The summed E-state index contributed by atoms with van der Waals surface area (Å²) in [7, 11) is 0. The number of nitro groups is 1. The van der Waals surface area contributed by atoms with Gasteiger partial charge in [-0.25, -0.2) is 0 Å². The van der Waals surface area contributed by atoms with E-state index in [1.807, 2.05) is 0 Å². The van der Waals surface area contributed by atoms with Crippen LogP contribution in [0.1, 0.15) is 5.56 Å². The van der Waals surface area contributed by atoms with Crippen molar-refractivity contribution in [2.75, 3.05) is 0 Å². The highest BCUT2D eigenvalue weighted by Gasteiger charge is 2.13. The number of nitro benzene ring substituents is 1. The Morgan fingerprint density at radius 2 is 2.08 bits per heavy atom. The maximum atomic E-state index is 10.5. The molecule has 0 aliphatic heterocycles. The van der Waals surface area contributed by atoms with E-state index in [0.29, 0.717) is 5.56 Å². The molecule has 0 bridgehead atoms. The van der Waals surface area contributed by atoms with Crippen LogP contribution in [0.2, 0.25) is 0 Å². The third kappa shape index (κ3) is 2.10. The van der Waals surface area contributed by atoms with Crippen LogP contribution in [0.5, 0.6) is 0 Å². The van der Waals surface area contributed by atoms with Crippen LogP contribution in [0.25, 0.3) is 0 Å². The van der Waals surface area contributed by atoms with Gasteiger partial charge in [-0.3, -0.25) is 14.3 Å². The summed E-state index contributed by atoms with van der Waals surface area (Å²) in [4.78, 5) is 9.42. The lowest BCUT2D eigenvalue weighted by Gasteiger charge is -2.05. The molecule has 0 aromatic heterocycles. The second kappa shape index (κ2) is 3.63. The van der Waals surface area contributed by atoms with Gasteiger partial charge in [-0.1, -0.05) is 6.07 Å². The van der Waals surface area contributed by atoms with Crippen LogP contribution in [-0.2, 0) is 11.1 Å². The molecule has 1 atom stereocenters. The van der Waals surface area contributed by atoms with E-state index in [-0.39, 0.29) is 10.6 Å². The molecule has 0 saturated heterocycles. The Bertz CT molecular complexity index is 377. The van der Waals surface area contributed by atoms with E-state index in [1.165, 1.54) is 18.2 Å². The van der Waals surface area contributed by atoms with Crippen LogP contribution < -0.4 is 0 Å². The molecule has 0 saturated carbocycles. The van der Waals surface area contributed by atoms with Crippen molar-refractivity contribution < 1.29 is 13.7 Å². The zero-order chi connectivity index (χ0) is 10.0. The standard InChI is InChI=1S/C7H7NO4S/c1-5-2-3-7(13(11)12)6(4-5)8(9)10/h2-4H,1H3,(H,11,12)/p-1. The van der Waals surface area contributed by atoms with Crippen molar-refractivity contribution in [3.63, 3.8) is 0 Å². The predicted molar refractivity (Wildman–Crippen MR) is 45.0 cm³/mol. The van der Waals surface area contributed by atoms with Gasteiger partial charge in [-0.2, -0.15) is 0 Å². The molecule has 0 aliphatic carbocycles. The lowest BCUT2D eigenvalue weighted by molar-refractivity contribution is -0.387. The molecule has 0 aliphatic rings. The van der Waals surface area contributed by atoms with Crippen molar-refractivity contribution in [2.45, 2.75) is 11.8 Å².